The van der Waals surface area contributed by atoms with Crippen LogP contribution in [0.1, 0.15) is 30.9 Å². The second-order valence-electron chi connectivity index (χ2n) is 5.27. The van der Waals surface area contributed by atoms with Crippen molar-refractivity contribution in [3.05, 3.63) is 29.8 Å². The van der Waals surface area contributed by atoms with Crippen molar-refractivity contribution in [2.24, 2.45) is 5.92 Å². The minimum Gasteiger partial charge on any atom is -0.388 e. The average Bonchev–Trinajstić information content (AvgIpc) is 2.48. The fourth-order valence-electron chi connectivity index (χ4n) is 2.93. The normalized spacial score (nSPS) is 26.9. The Hall–Kier alpha value is -1.39. The molecule has 4 nitrogen and oxygen atoms in total. The lowest BCUT2D eigenvalue weighted by Crippen LogP contribution is -2.42. The molecule has 2 heterocycles. The smallest absolute Gasteiger partial charge is 0.232 e. The van der Waals surface area contributed by atoms with Crippen molar-refractivity contribution in [2.75, 3.05) is 24.7 Å². The number of nitrogens with zero attached hydrogens (tertiary/aromatic N) is 1. The number of aliphatic hydroxyl groups excluding tert-OH is 1. The first-order valence-corrected chi connectivity index (χ1v) is 6.93. The molecule has 1 amide bonds. The van der Waals surface area contributed by atoms with Crippen LogP contribution in [0.15, 0.2) is 24.3 Å². The standard InChI is InChI=1S/C15H19NO3/c17-14-7-8-16(13-6-2-1-5-12(13)14)15(18)11-4-3-9-19-10-11/h1-2,5-6,11,14,17H,3-4,7-10H2. The van der Waals surface area contributed by atoms with E-state index in [1.807, 2.05) is 29.2 Å². The summed E-state index contributed by atoms with van der Waals surface area (Å²) < 4.78 is 5.41. The fourth-order valence-corrected chi connectivity index (χ4v) is 2.93. The molecule has 0 aliphatic carbocycles. The van der Waals surface area contributed by atoms with Crippen molar-refractivity contribution in [2.45, 2.75) is 25.4 Å². The second-order valence-corrected chi connectivity index (χ2v) is 5.27. The van der Waals surface area contributed by atoms with Gasteiger partial charge in [0.15, 0.2) is 0 Å². The van der Waals surface area contributed by atoms with E-state index in [1.54, 1.807) is 0 Å². The van der Waals surface area contributed by atoms with Crippen LogP contribution in [0.2, 0.25) is 0 Å². The summed E-state index contributed by atoms with van der Waals surface area (Å²) in [4.78, 5) is 14.4. The second kappa shape index (κ2) is 5.31. The van der Waals surface area contributed by atoms with E-state index in [0.717, 1.165) is 30.7 Å². The summed E-state index contributed by atoms with van der Waals surface area (Å²) in [5, 5.41) is 10.0. The van der Waals surface area contributed by atoms with Crippen LogP contribution in [0.4, 0.5) is 5.69 Å². The van der Waals surface area contributed by atoms with E-state index in [1.165, 1.54) is 0 Å². The van der Waals surface area contributed by atoms with Crippen molar-refractivity contribution in [3.63, 3.8) is 0 Å². The number of anilines is 1. The Morgan fingerprint density at radius 2 is 2.16 bits per heavy atom. The molecule has 1 fully saturated rings. The number of carbonyl (C=O) groups excluding carboxylic acids is 1. The highest BCUT2D eigenvalue weighted by Crippen LogP contribution is 2.34. The lowest BCUT2D eigenvalue weighted by molar-refractivity contribution is -0.126. The van der Waals surface area contributed by atoms with Crippen LogP contribution in [0.5, 0.6) is 0 Å². The Bertz CT molecular complexity index is 468. The highest BCUT2D eigenvalue weighted by molar-refractivity contribution is 5.96. The molecule has 0 saturated carbocycles. The number of rotatable bonds is 1. The third-order valence-electron chi connectivity index (χ3n) is 3.99. The average molecular weight is 261 g/mol. The summed E-state index contributed by atoms with van der Waals surface area (Å²) in [6.07, 6.45) is 2.01. The molecule has 4 heteroatoms. The summed E-state index contributed by atoms with van der Waals surface area (Å²) in [5.74, 6) is 0.107. The van der Waals surface area contributed by atoms with Crippen LogP contribution in [-0.4, -0.2) is 30.8 Å². The van der Waals surface area contributed by atoms with Crippen LogP contribution >= 0.6 is 0 Å². The van der Waals surface area contributed by atoms with E-state index in [0.29, 0.717) is 19.6 Å². The molecule has 2 aliphatic rings. The number of fused-ring (bicyclic) bond motifs is 1. The summed E-state index contributed by atoms with van der Waals surface area (Å²) in [6, 6.07) is 7.63. The largest absolute Gasteiger partial charge is 0.388 e. The molecule has 1 saturated heterocycles. The number of hydrogen-bond acceptors (Lipinski definition) is 3. The third-order valence-corrected chi connectivity index (χ3v) is 3.99. The van der Waals surface area contributed by atoms with Crippen molar-refractivity contribution >= 4 is 11.6 Å². The first kappa shape index (κ1) is 12.6. The molecular formula is C15H19NO3. The summed E-state index contributed by atoms with van der Waals surface area (Å²) in [7, 11) is 0. The number of hydrogen-bond donors (Lipinski definition) is 1. The van der Waals surface area contributed by atoms with Gasteiger partial charge in [-0.25, -0.2) is 0 Å². The number of benzene rings is 1. The van der Waals surface area contributed by atoms with Gasteiger partial charge < -0.3 is 14.7 Å². The van der Waals surface area contributed by atoms with E-state index in [-0.39, 0.29) is 11.8 Å². The molecule has 1 aromatic rings. The molecule has 0 aromatic heterocycles. The topological polar surface area (TPSA) is 49.8 Å². The van der Waals surface area contributed by atoms with Gasteiger partial charge in [0, 0.05) is 24.4 Å². The Balaban J connectivity index is 1.85. The molecule has 3 rings (SSSR count). The van der Waals surface area contributed by atoms with E-state index >= 15 is 0 Å². The van der Waals surface area contributed by atoms with Crippen molar-refractivity contribution in [1.29, 1.82) is 0 Å². The zero-order valence-electron chi connectivity index (χ0n) is 10.9. The van der Waals surface area contributed by atoms with Gasteiger partial charge in [-0.1, -0.05) is 18.2 Å². The monoisotopic (exact) mass is 261 g/mol. The van der Waals surface area contributed by atoms with Gasteiger partial charge in [0.25, 0.3) is 0 Å². The fraction of sp³-hybridized carbons (Fsp3) is 0.533. The van der Waals surface area contributed by atoms with Gasteiger partial charge in [-0.2, -0.15) is 0 Å². The maximum absolute atomic E-state index is 12.6. The molecule has 102 valence electrons. The number of amides is 1. The van der Waals surface area contributed by atoms with E-state index in [4.69, 9.17) is 4.74 Å². The molecule has 19 heavy (non-hydrogen) atoms. The zero-order chi connectivity index (χ0) is 13.2. The van der Waals surface area contributed by atoms with Crippen LogP contribution in [-0.2, 0) is 9.53 Å². The maximum atomic E-state index is 12.6. The predicted molar refractivity (Wildman–Crippen MR) is 71.9 cm³/mol. The van der Waals surface area contributed by atoms with Gasteiger partial charge in [-0.3, -0.25) is 4.79 Å². The van der Waals surface area contributed by atoms with Crippen molar-refractivity contribution in [1.82, 2.24) is 0 Å². The Labute approximate surface area is 113 Å². The molecule has 0 spiro atoms. The van der Waals surface area contributed by atoms with Crippen LogP contribution in [0.25, 0.3) is 0 Å². The van der Waals surface area contributed by atoms with Crippen LogP contribution in [0.3, 0.4) is 0 Å². The molecule has 2 atom stereocenters. The van der Waals surface area contributed by atoms with Gasteiger partial charge in [0.2, 0.25) is 5.91 Å². The minimum absolute atomic E-state index is 0.0305. The quantitative estimate of drug-likeness (QED) is 0.839. The first-order chi connectivity index (χ1) is 9.27. The minimum atomic E-state index is -0.456. The molecule has 1 N–H and O–H groups in total. The van der Waals surface area contributed by atoms with Gasteiger partial charge in [0.05, 0.1) is 18.6 Å². The van der Waals surface area contributed by atoms with Gasteiger partial charge >= 0.3 is 0 Å². The van der Waals surface area contributed by atoms with Crippen LogP contribution < -0.4 is 4.90 Å². The first-order valence-electron chi connectivity index (χ1n) is 6.93. The van der Waals surface area contributed by atoms with Crippen molar-refractivity contribution in [3.8, 4) is 0 Å². The van der Waals surface area contributed by atoms with Crippen LogP contribution in [0, 0.1) is 5.92 Å². The van der Waals surface area contributed by atoms with E-state index in [2.05, 4.69) is 0 Å². The van der Waals surface area contributed by atoms with E-state index < -0.39 is 6.10 Å². The summed E-state index contributed by atoms with van der Waals surface area (Å²) in [5.41, 5.74) is 1.72. The zero-order valence-corrected chi connectivity index (χ0v) is 10.9. The molecule has 0 radical (unpaired) electrons. The van der Waals surface area contributed by atoms with Crippen molar-refractivity contribution < 1.29 is 14.6 Å². The van der Waals surface area contributed by atoms with Gasteiger partial charge in [-0.05, 0) is 25.3 Å². The Morgan fingerprint density at radius 1 is 1.32 bits per heavy atom. The number of aliphatic hydroxyl groups is 1. The van der Waals surface area contributed by atoms with Gasteiger partial charge in [0.1, 0.15) is 0 Å². The SMILES string of the molecule is O=C(C1CCCOC1)N1CCC(O)c2ccccc21. The lowest BCUT2D eigenvalue weighted by atomic mass is 9.95. The predicted octanol–water partition coefficient (Wildman–Crippen LogP) is 1.88. The molecule has 2 unspecified atom stereocenters. The molecular weight excluding hydrogens is 242 g/mol. The lowest BCUT2D eigenvalue weighted by Gasteiger charge is -2.35. The summed E-state index contributed by atoms with van der Waals surface area (Å²) in [6.45, 7) is 1.88. The molecule has 0 bridgehead atoms. The highest BCUT2D eigenvalue weighted by atomic mass is 16.5. The Kier molecular flexibility index (Phi) is 3.53. The summed E-state index contributed by atoms with van der Waals surface area (Å²) >= 11 is 0. The third kappa shape index (κ3) is 2.38. The number of ether oxygens (including phenoxy) is 1. The molecule has 1 aromatic carbocycles. The number of para-hydroxylation sites is 1. The van der Waals surface area contributed by atoms with Gasteiger partial charge in [-0.15, -0.1) is 0 Å². The Morgan fingerprint density at radius 3 is 2.95 bits per heavy atom. The molecule has 2 aliphatic heterocycles. The maximum Gasteiger partial charge on any atom is 0.232 e. The highest BCUT2D eigenvalue weighted by Gasteiger charge is 2.32. The van der Waals surface area contributed by atoms with E-state index in [9.17, 15) is 9.90 Å². The number of carbonyl (C=O) groups is 1.